The van der Waals surface area contributed by atoms with Gasteiger partial charge in [0.05, 0.1) is 6.04 Å². The molecule has 17 heavy (non-hydrogen) atoms. The maximum atomic E-state index is 13.3. The number of urea groups is 1. The fourth-order valence-electron chi connectivity index (χ4n) is 1.31. The third-order valence-corrected chi connectivity index (χ3v) is 2.12. The number of carboxylic acids is 1. The molecule has 0 aromatic heterocycles. The van der Waals surface area contributed by atoms with Crippen molar-refractivity contribution in [3.05, 3.63) is 35.6 Å². The first-order valence-electron chi connectivity index (χ1n) is 5.01. The molecule has 2 amide bonds. The van der Waals surface area contributed by atoms with Crippen LogP contribution in [0.4, 0.5) is 9.18 Å². The van der Waals surface area contributed by atoms with Gasteiger partial charge in [0.1, 0.15) is 12.4 Å². The molecule has 0 aliphatic rings. The first kappa shape index (κ1) is 13.0. The van der Waals surface area contributed by atoms with Crippen molar-refractivity contribution >= 4 is 12.0 Å². The van der Waals surface area contributed by atoms with Gasteiger partial charge >= 0.3 is 12.0 Å². The molecule has 1 unspecified atom stereocenters. The minimum absolute atomic E-state index is 0.345. The number of nitrogens with one attached hydrogen (secondary N) is 2. The molecule has 1 atom stereocenters. The Morgan fingerprint density at radius 2 is 2.06 bits per heavy atom. The number of halogens is 1. The fourth-order valence-corrected chi connectivity index (χ4v) is 1.31. The molecule has 6 heteroatoms. The summed E-state index contributed by atoms with van der Waals surface area (Å²) < 4.78 is 13.3. The van der Waals surface area contributed by atoms with Gasteiger partial charge in [0, 0.05) is 5.56 Å². The Morgan fingerprint density at radius 3 is 2.65 bits per heavy atom. The molecule has 0 bridgehead atoms. The molecule has 0 fully saturated rings. The standard InChI is InChI=1S/C11H13FN2O3/c1-7(8-4-2-3-5-9(8)12)14-11(17)13-6-10(15)16/h2-5,7H,6H2,1H3,(H,15,16)(H2,13,14,17). The van der Waals surface area contributed by atoms with Crippen LogP contribution in [-0.2, 0) is 4.79 Å². The van der Waals surface area contributed by atoms with E-state index in [0.29, 0.717) is 5.56 Å². The predicted molar refractivity (Wildman–Crippen MR) is 59.0 cm³/mol. The summed E-state index contributed by atoms with van der Waals surface area (Å²) in [4.78, 5) is 21.4. The lowest BCUT2D eigenvalue weighted by Crippen LogP contribution is -2.39. The Morgan fingerprint density at radius 1 is 1.41 bits per heavy atom. The summed E-state index contributed by atoms with van der Waals surface area (Å²) in [5.41, 5.74) is 0.345. The van der Waals surface area contributed by atoms with Crippen LogP contribution in [0.5, 0.6) is 0 Å². The predicted octanol–water partition coefficient (Wildman–Crippen LogP) is 1.27. The number of aliphatic carboxylic acids is 1. The van der Waals surface area contributed by atoms with Gasteiger partial charge in [-0.15, -0.1) is 0 Å². The summed E-state index contributed by atoms with van der Waals surface area (Å²) in [5.74, 6) is -1.56. The molecule has 0 radical (unpaired) electrons. The van der Waals surface area contributed by atoms with E-state index in [2.05, 4.69) is 10.6 Å². The lowest BCUT2D eigenvalue weighted by molar-refractivity contribution is -0.135. The van der Waals surface area contributed by atoms with Crippen molar-refractivity contribution in [3.8, 4) is 0 Å². The summed E-state index contributed by atoms with van der Waals surface area (Å²) in [6, 6.07) is 4.87. The number of carbonyl (C=O) groups excluding carboxylic acids is 1. The molecule has 3 N–H and O–H groups in total. The third kappa shape index (κ3) is 4.10. The summed E-state index contributed by atoms with van der Waals surface area (Å²) in [5, 5.41) is 12.9. The van der Waals surface area contributed by atoms with E-state index in [1.165, 1.54) is 6.07 Å². The molecule has 5 nitrogen and oxygen atoms in total. The van der Waals surface area contributed by atoms with Crippen LogP contribution in [-0.4, -0.2) is 23.7 Å². The molecule has 0 aliphatic carbocycles. The van der Waals surface area contributed by atoms with E-state index >= 15 is 0 Å². The molecule has 92 valence electrons. The van der Waals surface area contributed by atoms with Gasteiger partial charge in [0.15, 0.2) is 0 Å². The van der Waals surface area contributed by atoms with Crippen molar-refractivity contribution in [2.75, 3.05) is 6.54 Å². The van der Waals surface area contributed by atoms with E-state index in [0.717, 1.165) is 0 Å². The molecule has 0 heterocycles. The van der Waals surface area contributed by atoms with Crippen molar-refractivity contribution in [1.82, 2.24) is 10.6 Å². The first-order chi connectivity index (χ1) is 8.00. The molecule has 1 aromatic carbocycles. The van der Waals surface area contributed by atoms with Crippen molar-refractivity contribution in [2.45, 2.75) is 13.0 Å². The highest BCUT2D eigenvalue weighted by Crippen LogP contribution is 2.15. The van der Waals surface area contributed by atoms with Gasteiger partial charge in [0.2, 0.25) is 0 Å². The summed E-state index contributed by atoms with van der Waals surface area (Å²) in [6.07, 6.45) is 0. The van der Waals surface area contributed by atoms with Crippen LogP contribution >= 0.6 is 0 Å². The molecule has 0 spiro atoms. The quantitative estimate of drug-likeness (QED) is 0.741. The summed E-state index contributed by atoms with van der Waals surface area (Å²) >= 11 is 0. The Hall–Kier alpha value is -2.11. The average Bonchev–Trinajstić information content (AvgIpc) is 2.26. The van der Waals surface area contributed by atoms with Crippen molar-refractivity contribution < 1.29 is 19.1 Å². The zero-order valence-electron chi connectivity index (χ0n) is 9.24. The SMILES string of the molecule is CC(NC(=O)NCC(=O)O)c1ccccc1F. The van der Waals surface area contributed by atoms with E-state index in [4.69, 9.17) is 5.11 Å². The average molecular weight is 240 g/mol. The molecule has 1 rings (SSSR count). The third-order valence-electron chi connectivity index (χ3n) is 2.12. The van der Waals surface area contributed by atoms with Gasteiger partial charge in [-0.2, -0.15) is 0 Å². The van der Waals surface area contributed by atoms with Crippen molar-refractivity contribution in [2.24, 2.45) is 0 Å². The highest BCUT2D eigenvalue weighted by molar-refractivity contribution is 5.80. The van der Waals surface area contributed by atoms with Gasteiger partial charge < -0.3 is 15.7 Å². The van der Waals surface area contributed by atoms with Crippen LogP contribution in [0, 0.1) is 5.82 Å². The summed E-state index contributed by atoms with van der Waals surface area (Å²) in [6.45, 7) is 1.13. The number of carbonyl (C=O) groups is 2. The maximum absolute atomic E-state index is 13.3. The van der Waals surface area contributed by atoms with E-state index < -0.39 is 30.4 Å². The maximum Gasteiger partial charge on any atom is 0.323 e. The van der Waals surface area contributed by atoms with E-state index in [1.807, 2.05) is 0 Å². The Labute approximate surface area is 97.6 Å². The van der Waals surface area contributed by atoms with Crippen LogP contribution < -0.4 is 10.6 Å². The van der Waals surface area contributed by atoms with Gasteiger partial charge in [0.25, 0.3) is 0 Å². The number of carboxylic acid groups (broad SMARTS) is 1. The Kier molecular flexibility index (Phi) is 4.45. The number of rotatable bonds is 4. The van der Waals surface area contributed by atoms with Crippen molar-refractivity contribution in [3.63, 3.8) is 0 Å². The number of hydrogen-bond acceptors (Lipinski definition) is 2. The highest BCUT2D eigenvalue weighted by Gasteiger charge is 2.13. The van der Waals surface area contributed by atoms with E-state index in [1.54, 1.807) is 25.1 Å². The largest absolute Gasteiger partial charge is 0.480 e. The molecule has 0 saturated carbocycles. The minimum Gasteiger partial charge on any atom is -0.480 e. The second kappa shape index (κ2) is 5.83. The smallest absolute Gasteiger partial charge is 0.323 e. The highest BCUT2D eigenvalue weighted by atomic mass is 19.1. The fraction of sp³-hybridized carbons (Fsp3) is 0.273. The lowest BCUT2D eigenvalue weighted by atomic mass is 10.1. The van der Waals surface area contributed by atoms with Crippen LogP contribution in [0.2, 0.25) is 0 Å². The number of benzene rings is 1. The molecular weight excluding hydrogens is 227 g/mol. The van der Waals surface area contributed by atoms with Gasteiger partial charge in [-0.3, -0.25) is 4.79 Å². The van der Waals surface area contributed by atoms with Crippen LogP contribution in [0.3, 0.4) is 0 Å². The normalized spacial score (nSPS) is 11.6. The van der Waals surface area contributed by atoms with Crippen LogP contribution in [0.25, 0.3) is 0 Å². The van der Waals surface area contributed by atoms with E-state index in [-0.39, 0.29) is 0 Å². The summed E-state index contributed by atoms with van der Waals surface area (Å²) in [7, 11) is 0. The minimum atomic E-state index is -1.14. The monoisotopic (exact) mass is 240 g/mol. The second-order valence-corrected chi connectivity index (χ2v) is 3.46. The number of hydrogen-bond donors (Lipinski definition) is 3. The molecular formula is C11H13FN2O3. The van der Waals surface area contributed by atoms with E-state index in [9.17, 15) is 14.0 Å². The zero-order chi connectivity index (χ0) is 12.8. The first-order valence-corrected chi connectivity index (χ1v) is 5.01. The van der Waals surface area contributed by atoms with Crippen LogP contribution in [0.15, 0.2) is 24.3 Å². The molecule has 0 aliphatic heterocycles. The van der Waals surface area contributed by atoms with Gasteiger partial charge in [-0.25, -0.2) is 9.18 Å². The second-order valence-electron chi connectivity index (χ2n) is 3.46. The molecule has 1 aromatic rings. The van der Waals surface area contributed by atoms with Gasteiger partial charge in [-0.05, 0) is 13.0 Å². The topological polar surface area (TPSA) is 78.4 Å². The zero-order valence-corrected chi connectivity index (χ0v) is 9.24. The Balaban J connectivity index is 2.55. The van der Waals surface area contributed by atoms with Crippen molar-refractivity contribution in [1.29, 1.82) is 0 Å². The molecule has 0 saturated heterocycles. The Bertz CT molecular complexity index is 423. The number of amides is 2. The van der Waals surface area contributed by atoms with Gasteiger partial charge in [-0.1, -0.05) is 18.2 Å². The lowest BCUT2D eigenvalue weighted by Gasteiger charge is -2.15. The van der Waals surface area contributed by atoms with Crippen LogP contribution in [0.1, 0.15) is 18.5 Å².